The highest BCUT2D eigenvalue weighted by Gasteiger charge is 2.23. The zero-order chi connectivity index (χ0) is 14.4. The van der Waals surface area contributed by atoms with E-state index in [1.54, 1.807) is 17.0 Å². The molecule has 1 heterocycles. The number of cyclic esters (lactones) is 1. The van der Waals surface area contributed by atoms with Crippen molar-refractivity contribution in [2.24, 2.45) is 0 Å². The molecule has 1 aromatic rings. The van der Waals surface area contributed by atoms with Crippen LogP contribution < -0.4 is 15.5 Å². The highest BCUT2D eigenvalue weighted by Crippen LogP contribution is 2.22. The molecule has 2 N–H and O–H groups in total. The number of benzene rings is 1. The topological polar surface area (TPSA) is 70.7 Å². The summed E-state index contributed by atoms with van der Waals surface area (Å²) >= 11 is 0. The highest BCUT2D eigenvalue weighted by molar-refractivity contribution is 5.93. The summed E-state index contributed by atoms with van der Waals surface area (Å²) in [5.41, 5.74) is 1.43. The fourth-order valence-electron chi connectivity index (χ4n) is 2.03. The standard InChI is InChI=1S/C14H19N3O3/c1-15-7-3-6-13(18)16-11-4-2-5-12(10-11)17-8-9-20-14(17)19/h2,4-5,10,15H,3,6-9H2,1H3,(H,16,18). The van der Waals surface area contributed by atoms with Gasteiger partial charge in [0.05, 0.1) is 6.54 Å². The minimum absolute atomic E-state index is 0.0265. The fraction of sp³-hybridized carbons (Fsp3) is 0.429. The molecule has 1 aromatic carbocycles. The second kappa shape index (κ2) is 6.91. The number of nitrogens with zero attached hydrogens (tertiary/aromatic N) is 1. The van der Waals surface area contributed by atoms with Crippen molar-refractivity contribution in [1.29, 1.82) is 0 Å². The van der Waals surface area contributed by atoms with E-state index in [-0.39, 0.29) is 12.0 Å². The van der Waals surface area contributed by atoms with Gasteiger partial charge in [-0.15, -0.1) is 0 Å². The average Bonchev–Trinajstić information content (AvgIpc) is 2.85. The van der Waals surface area contributed by atoms with Gasteiger partial charge in [0.1, 0.15) is 6.61 Å². The Bertz CT molecular complexity index is 490. The van der Waals surface area contributed by atoms with E-state index in [0.717, 1.165) is 18.7 Å². The Labute approximate surface area is 118 Å². The molecule has 6 nitrogen and oxygen atoms in total. The van der Waals surface area contributed by atoms with E-state index in [9.17, 15) is 9.59 Å². The number of amides is 2. The zero-order valence-electron chi connectivity index (χ0n) is 11.5. The minimum Gasteiger partial charge on any atom is -0.447 e. The van der Waals surface area contributed by atoms with Crippen LogP contribution in [0.1, 0.15) is 12.8 Å². The van der Waals surface area contributed by atoms with Gasteiger partial charge in [0.25, 0.3) is 0 Å². The van der Waals surface area contributed by atoms with Crippen molar-refractivity contribution in [1.82, 2.24) is 5.32 Å². The summed E-state index contributed by atoms with van der Waals surface area (Å²) in [6, 6.07) is 7.22. The van der Waals surface area contributed by atoms with Crippen molar-refractivity contribution < 1.29 is 14.3 Å². The SMILES string of the molecule is CNCCCC(=O)Nc1cccc(N2CCOC2=O)c1. The van der Waals surface area contributed by atoms with Crippen LogP contribution in [-0.4, -0.2) is 38.7 Å². The van der Waals surface area contributed by atoms with Gasteiger partial charge < -0.3 is 15.4 Å². The Balaban J connectivity index is 1.95. The fourth-order valence-corrected chi connectivity index (χ4v) is 2.03. The number of hydrogen-bond acceptors (Lipinski definition) is 4. The summed E-state index contributed by atoms with van der Waals surface area (Å²) in [4.78, 5) is 24.8. The Morgan fingerprint density at radius 3 is 3.00 bits per heavy atom. The van der Waals surface area contributed by atoms with Crippen molar-refractivity contribution in [3.63, 3.8) is 0 Å². The van der Waals surface area contributed by atoms with E-state index < -0.39 is 0 Å². The van der Waals surface area contributed by atoms with Crippen LogP contribution in [0.15, 0.2) is 24.3 Å². The maximum absolute atomic E-state index is 11.7. The highest BCUT2D eigenvalue weighted by atomic mass is 16.6. The molecule has 0 atom stereocenters. The molecule has 0 aromatic heterocycles. The Morgan fingerprint density at radius 2 is 2.30 bits per heavy atom. The smallest absolute Gasteiger partial charge is 0.414 e. The molecule has 0 saturated carbocycles. The van der Waals surface area contributed by atoms with Crippen LogP contribution in [0.3, 0.4) is 0 Å². The van der Waals surface area contributed by atoms with Crippen LogP contribution in [0.2, 0.25) is 0 Å². The van der Waals surface area contributed by atoms with E-state index >= 15 is 0 Å². The molecular formula is C14H19N3O3. The summed E-state index contributed by atoms with van der Waals surface area (Å²) in [5.74, 6) is -0.0265. The molecule has 0 bridgehead atoms. The quantitative estimate of drug-likeness (QED) is 0.775. The van der Waals surface area contributed by atoms with Crippen molar-refractivity contribution >= 4 is 23.4 Å². The Morgan fingerprint density at radius 1 is 1.45 bits per heavy atom. The van der Waals surface area contributed by atoms with Crippen LogP contribution in [0, 0.1) is 0 Å². The molecule has 1 aliphatic rings. The lowest BCUT2D eigenvalue weighted by molar-refractivity contribution is -0.116. The van der Waals surface area contributed by atoms with Crippen LogP contribution in [0.25, 0.3) is 0 Å². The molecule has 20 heavy (non-hydrogen) atoms. The molecule has 0 unspecified atom stereocenters. The summed E-state index contributed by atoms with van der Waals surface area (Å²) in [6.07, 6.45) is 0.916. The Hall–Kier alpha value is -2.08. The molecule has 1 fully saturated rings. The van der Waals surface area contributed by atoms with Crippen molar-refractivity contribution in [3.8, 4) is 0 Å². The molecular weight excluding hydrogens is 258 g/mol. The van der Waals surface area contributed by atoms with Crippen molar-refractivity contribution in [2.45, 2.75) is 12.8 Å². The summed E-state index contributed by atoms with van der Waals surface area (Å²) < 4.78 is 4.90. The molecule has 108 valence electrons. The van der Waals surface area contributed by atoms with E-state index in [4.69, 9.17) is 4.74 Å². The van der Waals surface area contributed by atoms with Crippen LogP contribution in [0.4, 0.5) is 16.2 Å². The van der Waals surface area contributed by atoms with Gasteiger partial charge in [-0.25, -0.2) is 4.79 Å². The third-order valence-corrected chi connectivity index (χ3v) is 3.03. The first-order valence-corrected chi connectivity index (χ1v) is 6.69. The van der Waals surface area contributed by atoms with E-state index in [1.807, 2.05) is 19.2 Å². The number of ether oxygens (including phenoxy) is 1. The molecule has 1 saturated heterocycles. The van der Waals surface area contributed by atoms with Gasteiger partial charge in [-0.1, -0.05) is 6.07 Å². The summed E-state index contributed by atoms with van der Waals surface area (Å²) in [6.45, 7) is 1.75. The number of rotatable bonds is 6. The largest absolute Gasteiger partial charge is 0.447 e. The molecule has 0 radical (unpaired) electrons. The van der Waals surface area contributed by atoms with Crippen LogP contribution in [0.5, 0.6) is 0 Å². The monoisotopic (exact) mass is 277 g/mol. The van der Waals surface area contributed by atoms with Gasteiger partial charge in [-0.2, -0.15) is 0 Å². The minimum atomic E-state index is -0.345. The molecule has 0 aliphatic carbocycles. The molecule has 6 heteroatoms. The average molecular weight is 277 g/mol. The van der Waals surface area contributed by atoms with Gasteiger partial charge in [-0.05, 0) is 38.2 Å². The third kappa shape index (κ3) is 3.71. The Kier molecular flexibility index (Phi) is 4.95. The first-order valence-electron chi connectivity index (χ1n) is 6.69. The summed E-state index contributed by atoms with van der Waals surface area (Å²) in [5, 5.41) is 5.83. The van der Waals surface area contributed by atoms with Crippen LogP contribution >= 0.6 is 0 Å². The third-order valence-electron chi connectivity index (χ3n) is 3.03. The second-order valence-corrected chi connectivity index (χ2v) is 4.57. The van der Waals surface area contributed by atoms with E-state index in [2.05, 4.69) is 10.6 Å². The molecule has 1 aliphatic heterocycles. The van der Waals surface area contributed by atoms with Gasteiger partial charge >= 0.3 is 6.09 Å². The maximum Gasteiger partial charge on any atom is 0.414 e. The number of nitrogens with one attached hydrogen (secondary N) is 2. The summed E-state index contributed by atoms with van der Waals surface area (Å²) in [7, 11) is 1.86. The first kappa shape index (κ1) is 14.3. The van der Waals surface area contributed by atoms with Crippen molar-refractivity contribution in [2.75, 3.05) is 37.0 Å². The maximum atomic E-state index is 11.7. The predicted octanol–water partition coefficient (Wildman–Crippen LogP) is 1.58. The van der Waals surface area contributed by atoms with Crippen LogP contribution in [-0.2, 0) is 9.53 Å². The van der Waals surface area contributed by atoms with Gasteiger partial charge in [-0.3, -0.25) is 9.69 Å². The zero-order valence-corrected chi connectivity index (χ0v) is 11.5. The molecule has 0 spiro atoms. The molecule has 2 rings (SSSR count). The second-order valence-electron chi connectivity index (χ2n) is 4.57. The van der Waals surface area contributed by atoms with E-state index in [1.165, 1.54) is 0 Å². The lowest BCUT2D eigenvalue weighted by atomic mass is 10.2. The number of hydrogen-bond donors (Lipinski definition) is 2. The number of carbonyl (C=O) groups is 2. The molecule has 2 amide bonds. The number of anilines is 2. The normalized spacial score (nSPS) is 14.2. The first-order chi connectivity index (χ1) is 9.70. The van der Waals surface area contributed by atoms with Gasteiger partial charge in [0, 0.05) is 17.8 Å². The lowest BCUT2D eigenvalue weighted by Crippen LogP contribution is -2.23. The van der Waals surface area contributed by atoms with Gasteiger partial charge in [0.15, 0.2) is 0 Å². The lowest BCUT2D eigenvalue weighted by Gasteiger charge is -2.14. The van der Waals surface area contributed by atoms with Gasteiger partial charge in [0.2, 0.25) is 5.91 Å². The number of carbonyl (C=O) groups excluding carboxylic acids is 2. The van der Waals surface area contributed by atoms with Crippen molar-refractivity contribution in [3.05, 3.63) is 24.3 Å². The van der Waals surface area contributed by atoms with E-state index in [0.29, 0.717) is 25.3 Å². The predicted molar refractivity (Wildman–Crippen MR) is 76.9 cm³/mol.